The van der Waals surface area contributed by atoms with Gasteiger partial charge in [0.1, 0.15) is 0 Å². The zero-order valence-corrected chi connectivity index (χ0v) is 14.2. The van der Waals surface area contributed by atoms with E-state index in [0.717, 1.165) is 31.9 Å². The molecule has 2 aromatic rings. The Labute approximate surface area is 133 Å². The van der Waals surface area contributed by atoms with E-state index >= 15 is 0 Å². The summed E-state index contributed by atoms with van der Waals surface area (Å²) in [6.07, 6.45) is 4.15. The summed E-state index contributed by atoms with van der Waals surface area (Å²) in [7, 11) is 0. The predicted molar refractivity (Wildman–Crippen MR) is 95.6 cm³/mol. The van der Waals surface area contributed by atoms with Crippen molar-refractivity contribution in [3.05, 3.63) is 35.5 Å². The topological polar surface area (TPSA) is 52.2 Å². The molecule has 0 amide bonds. The quantitative estimate of drug-likeness (QED) is 0.566. The zero-order chi connectivity index (χ0) is 15.9. The third-order valence-corrected chi connectivity index (χ3v) is 3.99. The number of nitrogens with one attached hydrogen (secondary N) is 3. The number of rotatable bonds is 6. The van der Waals surface area contributed by atoms with Crippen molar-refractivity contribution in [1.82, 2.24) is 15.6 Å². The monoisotopic (exact) mass is 300 g/mol. The minimum absolute atomic E-state index is 0.438. The second kappa shape index (κ2) is 7.87. The fourth-order valence-electron chi connectivity index (χ4n) is 2.59. The summed E-state index contributed by atoms with van der Waals surface area (Å²) < 4.78 is 0. The number of aromatic amines is 1. The Bertz CT molecular complexity index is 627. The lowest BCUT2D eigenvalue weighted by molar-refractivity contribution is 0.624. The molecule has 4 heteroatoms. The zero-order valence-electron chi connectivity index (χ0n) is 14.2. The van der Waals surface area contributed by atoms with Gasteiger partial charge in [0.25, 0.3) is 0 Å². The lowest BCUT2D eigenvalue weighted by Gasteiger charge is -2.16. The van der Waals surface area contributed by atoms with Gasteiger partial charge in [0, 0.05) is 36.2 Å². The van der Waals surface area contributed by atoms with E-state index in [9.17, 15) is 0 Å². The first kappa shape index (κ1) is 16.4. The highest BCUT2D eigenvalue weighted by Gasteiger charge is 2.06. The molecule has 0 aliphatic heterocycles. The van der Waals surface area contributed by atoms with Crippen molar-refractivity contribution in [3.63, 3.8) is 0 Å². The molecule has 1 heterocycles. The summed E-state index contributed by atoms with van der Waals surface area (Å²) in [5.74, 6) is 0.911. The molecule has 4 nitrogen and oxygen atoms in total. The highest BCUT2D eigenvalue weighted by molar-refractivity contribution is 5.86. The van der Waals surface area contributed by atoms with Crippen molar-refractivity contribution in [3.8, 4) is 0 Å². The maximum atomic E-state index is 4.69. The van der Waals surface area contributed by atoms with E-state index in [1.54, 1.807) is 0 Å². The smallest absolute Gasteiger partial charge is 0.191 e. The Morgan fingerprint density at radius 3 is 2.86 bits per heavy atom. The van der Waals surface area contributed by atoms with E-state index in [0.29, 0.717) is 6.04 Å². The summed E-state index contributed by atoms with van der Waals surface area (Å²) >= 11 is 0. The first-order valence-electron chi connectivity index (χ1n) is 8.26. The highest BCUT2D eigenvalue weighted by Crippen LogP contribution is 2.22. The molecule has 0 saturated heterocycles. The summed E-state index contributed by atoms with van der Waals surface area (Å²) in [4.78, 5) is 8.05. The summed E-state index contributed by atoms with van der Waals surface area (Å²) in [6.45, 7) is 10.3. The number of H-pyrrole nitrogens is 1. The maximum Gasteiger partial charge on any atom is 0.191 e. The number of benzene rings is 1. The second-order valence-electron chi connectivity index (χ2n) is 5.78. The van der Waals surface area contributed by atoms with Gasteiger partial charge >= 0.3 is 0 Å². The third kappa shape index (κ3) is 4.03. The molecule has 1 atom stereocenters. The van der Waals surface area contributed by atoms with E-state index < -0.39 is 0 Å². The number of aromatic nitrogens is 1. The summed E-state index contributed by atoms with van der Waals surface area (Å²) in [5.41, 5.74) is 3.88. The van der Waals surface area contributed by atoms with E-state index in [1.807, 2.05) is 0 Å². The summed E-state index contributed by atoms with van der Waals surface area (Å²) in [5, 5.41) is 8.08. The van der Waals surface area contributed by atoms with Crippen molar-refractivity contribution < 1.29 is 0 Å². The highest BCUT2D eigenvalue weighted by atomic mass is 15.2. The number of nitrogens with zero attached hydrogens (tertiary/aromatic N) is 1. The minimum atomic E-state index is 0.438. The second-order valence-corrected chi connectivity index (χ2v) is 5.78. The van der Waals surface area contributed by atoms with E-state index in [2.05, 4.69) is 67.7 Å². The van der Waals surface area contributed by atoms with Gasteiger partial charge < -0.3 is 15.6 Å². The molecule has 120 valence electrons. The molecule has 0 aliphatic rings. The van der Waals surface area contributed by atoms with Crippen molar-refractivity contribution in [2.45, 2.75) is 46.6 Å². The van der Waals surface area contributed by atoms with Gasteiger partial charge in [-0.1, -0.05) is 19.1 Å². The van der Waals surface area contributed by atoms with Gasteiger partial charge in [-0.25, -0.2) is 0 Å². The van der Waals surface area contributed by atoms with Crippen LogP contribution >= 0.6 is 0 Å². The van der Waals surface area contributed by atoms with E-state index in [-0.39, 0.29) is 0 Å². The summed E-state index contributed by atoms with van der Waals surface area (Å²) in [6, 6.07) is 6.82. The number of aliphatic imine (C=N–C) groups is 1. The fraction of sp³-hybridized carbons (Fsp3) is 0.500. The maximum absolute atomic E-state index is 4.69. The van der Waals surface area contributed by atoms with Crippen molar-refractivity contribution >= 4 is 16.9 Å². The van der Waals surface area contributed by atoms with Crippen LogP contribution in [0, 0.1) is 6.92 Å². The van der Waals surface area contributed by atoms with E-state index in [4.69, 9.17) is 4.99 Å². The van der Waals surface area contributed by atoms with Gasteiger partial charge in [-0.3, -0.25) is 4.99 Å². The third-order valence-electron chi connectivity index (χ3n) is 3.99. The average molecular weight is 300 g/mol. The van der Waals surface area contributed by atoms with Gasteiger partial charge in [-0.15, -0.1) is 0 Å². The molecule has 1 unspecified atom stereocenters. The Morgan fingerprint density at radius 1 is 1.32 bits per heavy atom. The molecule has 22 heavy (non-hydrogen) atoms. The van der Waals surface area contributed by atoms with Crippen LogP contribution < -0.4 is 10.6 Å². The number of hydrogen-bond acceptors (Lipinski definition) is 1. The first-order chi connectivity index (χ1) is 10.7. The van der Waals surface area contributed by atoms with Crippen molar-refractivity contribution in [1.29, 1.82) is 0 Å². The van der Waals surface area contributed by atoms with Crippen LogP contribution in [0.1, 0.15) is 38.3 Å². The minimum Gasteiger partial charge on any atom is -0.361 e. The molecule has 1 aromatic carbocycles. The number of aryl methyl sites for hydroxylation is 1. The van der Waals surface area contributed by atoms with Crippen LogP contribution in [0.2, 0.25) is 0 Å². The Kier molecular flexibility index (Phi) is 5.87. The van der Waals surface area contributed by atoms with Crippen LogP contribution in [-0.2, 0) is 6.42 Å². The average Bonchev–Trinajstić information content (AvgIpc) is 2.92. The van der Waals surface area contributed by atoms with Crippen LogP contribution in [0.3, 0.4) is 0 Å². The number of hydrogen-bond donors (Lipinski definition) is 3. The predicted octanol–water partition coefficient (Wildman–Crippen LogP) is 3.37. The van der Waals surface area contributed by atoms with Gasteiger partial charge in [0.05, 0.1) is 0 Å². The van der Waals surface area contributed by atoms with Gasteiger partial charge in [0.15, 0.2) is 5.96 Å². The normalized spacial score (nSPS) is 13.4. The lowest BCUT2D eigenvalue weighted by Crippen LogP contribution is -2.42. The lowest BCUT2D eigenvalue weighted by atomic mass is 10.1. The molecular formula is C18H28N4. The van der Waals surface area contributed by atoms with Crippen LogP contribution in [0.4, 0.5) is 0 Å². The standard InChI is InChI=1S/C18H28N4/c1-5-14(4)22-18(19-6-2)20-11-10-15-12-21-16-9-7-8-13(3)17(15)16/h7-9,12,14,21H,5-6,10-11H2,1-4H3,(H2,19,20,22). The largest absolute Gasteiger partial charge is 0.361 e. The SMILES string of the molecule is CCNC(=NCCc1c[nH]c2cccc(C)c12)NC(C)CC. The van der Waals surface area contributed by atoms with Crippen LogP contribution in [0.5, 0.6) is 0 Å². The molecule has 0 spiro atoms. The van der Waals surface area contributed by atoms with Crippen molar-refractivity contribution in [2.75, 3.05) is 13.1 Å². The van der Waals surface area contributed by atoms with Gasteiger partial charge in [-0.05, 0) is 50.8 Å². The fourth-order valence-corrected chi connectivity index (χ4v) is 2.59. The molecule has 2 rings (SSSR count). The number of guanidine groups is 1. The molecule has 3 N–H and O–H groups in total. The molecule has 0 radical (unpaired) electrons. The van der Waals surface area contributed by atoms with Crippen LogP contribution in [0.15, 0.2) is 29.4 Å². The first-order valence-corrected chi connectivity index (χ1v) is 8.26. The Hall–Kier alpha value is -1.97. The van der Waals surface area contributed by atoms with E-state index in [1.165, 1.54) is 22.0 Å². The van der Waals surface area contributed by atoms with Gasteiger partial charge in [-0.2, -0.15) is 0 Å². The van der Waals surface area contributed by atoms with Gasteiger partial charge in [0.2, 0.25) is 0 Å². The molecule has 0 aliphatic carbocycles. The van der Waals surface area contributed by atoms with Crippen molar-refractivity contribution in [2.24, 2.45) is 4.99 Å². The Morgan fingerprint density at radius 2 is 2.14 bits per heavy atom. The molecule has 0 bridgehead atoms. The number of fused-ring (bicyclic) bond motifs is 1. The molecular weight excluding hydrogens is 272 g/mol. The molecule has 0 saturated carbocycles. The molecule has 1 aromatic heterocycles. The Balaban J connectivity index is 2.05. The molecule has 0 fully saturated rings. The van der Waals surface area contributed by atoms with Crippen LogP contribution in [-0.4, -0.2) is 30.1 Å². The van der Waals surface area contributed by atoms with Crippen LogP contribution in [0.25, 0.3) is 10.9 Å².